The number of nitrogens with zero attached hydrogens (tertiary/aromatic N) is 3. The van der Waals surface area contributed by atoms with Gasteiger partial charge in [0.1, 0.15) is 5.60 Å². The zero-order valence-corrected chi connectivity index (χ0v) is 20.5. The van der Waals surface area contributed by atoms with Gasteiger partial charge in [0.15, 0.2) is 5.96 Å². The minimum atomic E-state index is -0.464. The van der Waals surface area contributed by atoms with Crippen molar-refractivity contribution in [2.75, 3.05) is 32.7 Å². The average Bonchev–Trinajstić information content (AvgIpc) is 3.25. The highest BCUT2D eigenvalue weighted by Crippen LogP contribution is 2.22. The number of piperazine rings is 1. The summed E-state index contributed by atoms with van der Waals surface area (Å²) in [6.07, 6.45) is 2.82. The molecule has 1 unspecified atom stereocenters. The van der Waals surface area contributed by atoms with Crippen molar-refractivity contribution in [1.29, 1.82) is 0 Å². The molecule has 8 heteroatoms. The van der Waals surface area contributed by atoms with Crippen LogP contribution in [0, 0.1) is 6.92 Å². The van der Waals surface area contributed by atoms with Crippen molar-refractivity contribution in [1.82, 2.24) is 20.1 Å². The lowest BCUT2D eigenvalue weighted by Gasteiger charge is -2.39. The number of aromatic nitrogens is 1. The molecular formula is C22H32IN5O2. The molecule has 0 bridgehead atoms. The maximum absolute atomic E-state index is 12.4. The number of benzene rings is 1. The maximum atomic E-state index is 12.4. The van der Waals surface area contributed by atoms with Gasteiger partial charge in [0.25, 0.3) is 0 Å². The van der Waals surface area contributed by atoms with Crippen LogP contribution in [0.2, 0.25) is 0 Å². The standard InChI is InChI=1S/C22H31N5O2.HI/c1-15-6-5-7-18-19(15)16(12-24-18)8-9-23-20-25-13-17-14-26(10-11-27(17)20)21(28)29-22(2,3)4;/h5-7,12,17,24H,8-11,13-14H2,1-4H3,(H,23,25);1H. The molecule has 1 aromatic heterocycles. The topological polar surface area (TPSA) is 73.0 Å². The summed E-state index contributed by atoms with van der Waals surface area (Å²) in [4.78, 5) is 24.5. The first kappa shape index (κ1) is 22.7. The lowest BCUT2D eigenvalue weighted by molar-refractivity contribution is 0.0137. The largest absolute Gasteiger partial charge is 0.444 e. The van der Waals surface area contributed by atoms with E-state index in [1.54, 1.807) is 4.90 Å². The van der Waals surface area contributed by atoms with Gasteiger partial charge in [-0.2, -0.15) is 0 Å². The molecule has 0 saturated carbocycles. The fourth-order valence-corrected chi connectivity index (χ4v) is 4.18. The van der Waals surface area contributed by atoms with Gasteiger partial charge in [-0.15, -0.1) is 24.0 Å². The van der Waals surface area contributed by atoms with Gasteiger partial charge in [0, 0.05) is 43.3 Å². The highest BCUT2D eigenvalue weighted by Gasteiger charge is 2.36. The van der Waals surface area contributed by atoms with E-state index in [0.29, 0.717) is 19.6 Å². The van der Waals surface area contributed by atoms with E-state index in [4.69, 9.17) is 9.73 Å². The van der Waals surface area contributed by atoms with E-state index in [0.717, 1.165) is 25.5 Å². The number of aromatic amines is 1. The Morgan fingerprint density at radius 2 is 2.13 bits per heavy atom. The number of rotatable bonds is 3. The first-order valence-electron chi connectivity index (χ1n) is 10.4. The molecule has 2 aliphatic rings. The van der Waals surface area contributed by atoms with Gasteiger partial charge in [-0.05, 0) is 51.3 Å². The summed E-state index contributed by atoms with van der Waals surface area (Å²) in [5.41, 5.74) is 3.36. The van der Waals surface area contributed by atoms with Gasteiger partial charge >= 0.3 is 6.09 Å². The van der Waals surface area contributed by atoms with Crippen LogP contribution in [0.1, 0.15) is 31.9 Å². The first-order chi connectivity index (χ1) is 13.8. The van der Waals surface area contributed by atoms with E-state index < -0.39 is 5.60 Å². The van der Waals surface area contributed by atoms with Crippen molar-refractivity contribution in [3.8, 4) is 0 Å². The molecule has 30 heavy (non-hydrogen) atoms. The quantitative estimate of drug-likeness (QED) is 0.602. The van der Waals surface area contributed by atoms with Crippen molar-refractivity contribution in [3.05, 3.63) is 35.5 Å². The van der Waals surface area contributed by atoms with Crippen LogP contribution < -0.4 is 5.32 Å². The van der Waals surface area contributed by atoms with Crippen molar-refractivity contribution >= 4 is 46.9 Å². The number of carbonyl (C=O) groups is 1. The molecule has 7 nitrogen and oxygen atoms in total. The lowest BCUT2D eigenvalue weighted by atomic mass is 10.1. The molecule has 0 spiro atoms. The molecule has 1 fully saturated rings. The molecule has 3 heterocycles. The number of aliphatic imine (C=N–C) groups is 1. The van der Waals surface area contributed by atoms with Gasteiger partial charge in [-0.3, -0.25) is 4.99 Å². The molecule has 2 aromatic rings. The third-order valence-electron chi connectivity index (χ3n) is 5.53. The van der Waals surface area contributed by atoms with Gasteiger partial charge < -0.3 is 24.8 Å². The second-order valence-electron chi connectivity index (χ2n) is 8.93. The Balaban J connectivity index is 0.00000256. The number of carbonyl (C=O) groups excluding carboxylic acids is 1. The maximum Gasteiger partial charge on any atom is 0.410 e. The molecule has 1 saturated heterocycles. The highest BCUT2D eigenvalue weighted by atomic mass is 127. The summed E-state index contributed by atoms with van der Waals surface area (Å²) in [6, 6.07) is 6.59. The van der Waals surface area contributed by atoms with Crippen LogP contribution in [0.5, 0.6) is 0 Å². The molecule has 1 aromatic carbocycles. The molecular weight excluding hydrogens is 493 g/mol. The average molecular weight is 525 g/mol. The molecule has 0 radical (unpaired) electrons. The van der Waals surface area contributed by atoms with E-state index in [-0.39, 0.29) is 36.1 Å². The van der Waals surface area contributed by atoms with Crippen molar-refractivity contribution in [2.24, 2.45) is 4.99 Å². The Bertz CT molecular complexity index is 933. The second-order valence-corrected chi connectivity index (χ2v) is 8.93. The minimum absolute atomic E-state index is 0. The number of halogens is 1. The number of guanidine groups is 1. The molecule has 4 rings (SSSR count). The normalized spacial score (nSPS) is 18.7. The summed E-state index contributed by atoms with van der Waals surface area (Å²) < 4.78 is 5.52. The molecule has 164 valence electrons. The van der Waals surface area contributed by atoms with E-state index in [9.17, 15) is 4.79 Å². The number of aryl methyl sites for hydroxylation is 1. The van der Waals surface area contributed by atoms with Gasteiger partial charge in [0.2, 0.25) is 0 Å². The highest BCUT2D eigenvalue weighted by molar-refractivity contribution is 14.0. The number of amides is 1. The second kappa shape index (κ2) is 9.03. The van der Waals surface area contributed by atoms with Crippen LogP contribution in [0.3, 0.4) is 0 Å². The number of hydrogen-bond donors (Lipinski definition) is 2. The van der Waals surface area contributed by atoms with Crippen molar-refractivity contribution in [3.63, 3.8) is 0 Å². The predicted octanol–water partition coefficient (Wildman–Crippen LogP) is 3.52. The summed E-state index contributed by atoms with van der Waals surface area (Å²) in [5.74, 6) is 0.954. The SMILES string of the molecule is Cc1cccc2[nH]cc(CCNC3=NCC4CN(C(=O)OC(C)(C)C)CCN34)c12.I. The summed E-state index contributed by atoms with van der Waals surface area (Å²) in [7, 11) is 0. The number of hydrogen-bond acceptors (Lipinski definition) is 5. The third kappa shape index (κ3) is 4.84. The van der Waals surface area contributed by atoms with Crippen molar-refractivity contribution in [2.45, 2.75) is 45.8 Å². The summed E-state index contributed by atoms with van der Waals surface area (Å²) in [5, 5.41) is 4.84. The van der Waals surface area contributed by atoms with Crippen LogP contribution in [0.15, 0.2) is 29.4 Å². The Morgan fingerprint density at radius 3 is 2.90 bits per heavy atom. The number of H-pyrrole nitrogens is 1. The Kier molecular flexibility index (Phi) is 6.84. The van der Waals surface area contributed by atoms with E-state index in [2.05, 4.69) is 46.5 Å². The molecule has 2 N–H and O–H groups in total. The fraction of sp³-hybridized carbons (Fsp3) is 0.545. The van der Waals surface area contributed by atoms with Crippen LogP contribution in [-0.2, 0) is 11.2 Å². The van der Waals surface area contributed by atoms with Gasteiger partial charge in [0.05, 0.1) is 12.6 Å². The number of fused-ring (bicyclic) bond motifs is 2. The van der Waals surface area contributed by atoms with E-state index >= 15 is 0 Å². The number of nitrogens with one attached hydrogen (secondary N) is 2. The predicted molar refractivity (Wildman–Crippen MR) is 131 cm³/mol. The minimum Gasteiger partial charge on any atom is -0.444 e. The molecule has 2 aliphatic heterocycles. The van der Waals surface area contributed by atoms with E-state index in [1.165, 1.54) is 22.0 Å². The van der Waals surface area contributed by atoms with Crippen LogP contribution in [0.4, 0.5) is 4.79 Å². The van der Waals surface area contributed by atoms with Crippen LogP contribution >= 0.6 is 24.0 Å². The van der Waals surface area contributed by atoms with Gasteiger partial charge in [-0.25, -0.2) is 4.79 Å². The fourth-order valence-electron chi connectivity index (χ4n) is 4.18. The molecule has 0 aliphatic carbocycles. The third-order valence-corrected chi connectivity index (χ3v) is 5.53. The van der Waals surface area contributed by atoms with Crippen molar-refractivity contribution < 1.29 is 9.53 Å². The zero-order valence-electron chi connectivity index (χ0n) is 18.2. The van der Waals surface area contributed by atoms with Gasteiger partial charge in [-0.1, -0.05) is 12.1 Å². The Hall–Kier alpha value is -1.97. The van der Waals surface area contributed by atoms with Crippen LogP contribution in [-0.4, -0.2) is 71.2 Å². The molecule has 1 amide bonds. The monoisotopic (exact) mass is 525 g/mol. The Labute approximate surface area is 195 Å². The van der Waals surface area contributed by atoms with E-state index in [1.807, 2.05) is 20.8 Å². The lowest BCUT2D eigenvalue weighted by Crippen LogP contribution is -2.57. The summed E-state index contributed by atoms with van der Waals surface area (Å²) in [6.45, 7) is 11.5. The number of ether oxygens (including phenoxy) is 1. The van der Waals surface area contributed by atoms with Crippen LogP contribution in [0.25, 0.3) is 10.9 Å². The first-order valence-corrected chi connectivity index (χ1v) is 10.4. The summed E-state index contributed by atoms with van der Waals surface area (Å²) >= 11 is 0. The molecule has 1 atom stereocenters. The smallest absolute Gasteiger partial charge is 0.410 e. The Morgan fingerprint density at radius 1 is 1.33 bits per heavy atom. The zero-order chi connectivity index (χ0) is 20.6.